The van der Waals surface area contributed by atoms with Crippen LogP contribution in [0.1, 0.15) is 297 Å². The number of carbonyl (C=O) groups excluding carboxylic acids is 4. The first-order valence-corrected chi connectivity index (χ1v) is 40.1. The monoisotopic (exact) mass is 1390 g/mol. The number of allylic oxidation sites excluding steroid dienone is 18. The Morgan fingerprint density at radius 3 is 0.917 bits per heavy atom. The molecule has 0 bridgehead atoms. The molecule has 552 valence electrons. The molecule has 0 aromatic heterocycles. The van der Waals surface area contributed by atoms with Crippen molar-refractivity contribution in [1.82, 2.24) is 0 Å². The molecule has 96 heavy (non-hydrogen) atoms. The summed E-state index contributed by atoms with van der Waals surface area (Å²) in [7, 11) is -9.96. The van der Waals surface area contributed by atoms with E-state index in [1.807, 2.05) is 12.2 Å². The van der Waals surface area contributed by atoms with Crippen LogP contribution in [0.2, 0.25) is 0 Å². The van der Waals surface area contributed by atoms with Crippen LogP contribution in [0.3, 0.4) is 0 Å². The SMILES string of the molecule is CC/C=C\C/C=C\C/C=C\C/C=C\C/C=C\CCCC(=O)OCC(COP(=O)(O)OCC(O)COP(=O)(O)OCC(COC(=O)CCCCCCC/C=C\C/C=C\CCC)OC(=O)CCCCCCCCCCCCCCC)OC(=O)CCCCCCC/C=C\C/C=C\CCC. The number of phosphoric ester groups is 2. The molecule has 3 N–H and O–H groups in total. The largest absolute Gasteiger partial charge is 0.472 e. The van der Waals surface area contributed by atoms with Gasteiger partial charge in [0.25, 0.3) is 0 Å². The fraction of sp³-hybridized carbons (Fsp3) is 0.714. The fourth-order valence-corrected chi connectivity index (χ4v) is 11.1. The number of aliphatic hydroxyl groups excluding tert-OH is 1. The zero-order chi connectivity index (χ0) is 70.4. The molecular weight excluding hydrogens is 1260 g/mol. The molecule has 0 aliphatic rings. The summed E-state index contributed by atoms with van der Waals surface area (Å²) in [6, 6.07) is 0. The van der Waals surface area contributed by atoms with Crippen LogP contribution < -0.4 is 0 Å². The quantitative estimate of drug-likeness (QED) is 0.0169. The first-order valence-electron chi connectivity index (χ1n) is 37.1. The highest BCUT2D eigenvalue weighted by Gasteiger charge is 2.30. The third-order valence-electron chi connectivity index (χ3n) is 15.2. The molecule has 0 fully saturated rings. The van der Waals surface area contributed by atoms with Crippen LogP contribution >= 0.6 is 15.6 Å². The van der Waals surface area contributed by atoms with Gasteiger partial charge in [-0.25, -0.2) is 9.13 Å². The summed E-state index contributed by atoms with van der Waals surface area (Å²) in [4.78, 5) is 72.7. The lowest BCUT2D eigenvalue weighted by Crippen LogP contribution is -2.30. The third kappa shape index (κ3) is 68.3. The van der Waals surface area contributed by atoms with Gasteiger partial charge in [0, 0.05) is 25.7 Å². The first kappa shape index (κ1) is 91.7. The number of unbranched alkanes of at least 4 members (excludes halogenated alkanes) is 25. The molecule has 0 aliphatic carbocycles. The highest BCUT2D eigenvalue weighted by atomic mass is 31.2. The molecule has 0 aromatic rings. The van der Waals surface area contributed by atoms with Crippen LogP contribution in [0, 0.1) is 0 Å². The van der Waals surface area contributed by atoms with E-state index in [2.05, 4.69) is 125 Å². The smallest absolute Gasteiger partial charge is 0.462 e. The van der Waals surface area contributed by atoms with E-state index in [4.69, 9.17) is 37.0 Å². The molecule has 0 saturated carbocycles. The Hall–Kier alpha value is -4.28. The molecule has 19 heteroatoms. The van der Waals surface area contributed by atoms with Crippen molar-refractivity contribution in [3.05, 3.63) is 109 Å². The summed E-state index contributed by atoms with van der Waals surface area (Å²) < 4.78 is 68.3. The topological polar surface area (TPSA) is 237 Å². The van der Waals surface area contributed by atoms with E-state index in [9.17, 15) is 43.2 Å². The van der Waals surface area contributed by atoms with Crippen molar-refractivity contribution in [3.63, 3.8) is 0 Å². The average molecular weight is 1390 g/mol. The van der Waals surface area contributed by atoms with E-state index >= 15 is 0 Å². The molecule has 17 nitrogen and oxygen atoms in total. The predicted molar refractivity (Wildman–Crippen MR) is 390 cm³/mol. The predicted octanol–water partition coefficient (Wildman–Crippen LogP) is 21.0. The van der Waals surface area contributed by atoms with Gasteiger partial charge in [-0.1, -0.05) is 265 Å². The van der Waals surface area contributed by atoms with E-state index in [-0.39, 0.29) is 25.7 Å². The van der Waals surface area contributed by atoms with Gasteiger partial charge >= 0.3 is 39.5 Å². The minimum Gasteiger partial charge on any atom is -0.462 e. The normalized spacial score (nSPS) is 14.6. The highest BCUT2D eigenvalue weighted by Crippen LogP contribution is 2.45. The van der Waals surface area contributed by atoms with Crippen molar-refractivity contribution in [2.45, 2.75) is 316 Å². The Labute approximate surface area is 581 Å². The van der Waals surface area contributed by atoms with Gasteiger partial charge in [0.15, 0.2) is 12.2 Å². The maximum absolute atomic E-state index is 13.1. The standard InChI is InChI=1S/C77H132O17P2/c1-5-9-13-17-21-25-29-33-34-35-36-40-42-46-50-54-58-62-75(80)88-68-73(94-77(82)64-60-56-52-48-44-39-32-28-24-20-16-12-8-4)70-92-96(85,86)90-66-71(78)65-89-95(83,84)91-69-72(93-76(81)63-59-55-51-47-43-38-31-27-23-19-15-11-7-3)67-87-74(79)61-57-53-49-45-41-37-30-26-22-18-14-10-6-2/h9,13-14,16,18,20-21,25-26,28,30,32-34,36,40,46,50,71-73,78H,5-8,10-12,15,17,19,22-24,27,29,31,35,37-39,41-45,47-49,51-70H2,1-4H3,(H,83,84)(H,85,86)/b13-9-,18-14-,20-16-,25-21-,30-26-,32-28-,34-33-,40-36-,50-46-. The molecule has 0 saturated heterocycles. The summed E-state index contributed by atoms with van der Waals surface area (Å²) in [6.07, 6.45) is 72.4. The Morgan fingerprint density at radius 2 is 0.573 bits per heavy atom. The second-order valence-electron chi connectivity index (χ2n) is 24.5. The van der Waals surface area contributed by atoms with Crippen LogP contribution in [-0.4, -0.2) is 96.7 Å². The zero-order valence-electron chi connectivity index (χ0n) is 60.0. The number of esters is 4. The second kappa shape index (κ2) is 69.2. The van der Waals surface area contributed by atoms with E-state index < -0.39 is 97.5 Å². The van der Waals surface area contributed by atoms with Crippen LogP contribution in [0.25, 0.3) is 0 Å². The van der Waals surface area contributed by atoms with Crippen LogP contribution in [0.4, 0.5) is 0 Å². The van der Waals surface area contributed by atoms with Gasteiger partial charge in [-0.2, -0.15) is 0 Å². The van der Waals surface area contributed by atoms with Gasteiger partial charge in [-0.3, -0.25) is 37.3 Å². The third-order valence-corrected chi connectivity index (χ3v) is 17.1. The minimum atomic E-state index is -4.99. The number of rotatable bonds is 69. The minimum absolute atomic E-state index is 0.0650. The van der Waals surface area contributed by atoms with Crippen molar-refractivity contribution >= 4 is 39.5 Å². The highest BCUT2D eigenvalue weighted by molar-refractivity contribution is 7.47. The molecule has 5 unspecified atom stereocenters. The van der Waals surface area contributed by atoms with Crippen molar-refractivity contribution in [2.75, 3.05) is 39.6 Å². The van der Waals surface area contributed by atoms with E-state index in [1.54, 1.807) is 0 Å². The number of hydrogen-bond acceptors (Lipinski definition) is 15. The fourth-order valence-electron chi connectivity index (χ4n) is 9.57. The number of ether oxygens (including phenoxy) is 4. The second-order valence-corrected chi connectivity index (χ2v) is 27.4. The van der Waals surface area contributed by atoms with Crippen LogP contribution in [-0.2, 0) is 65.4 Å². The van der Waals surface area contributed by atoms with Crippen molar-refractivity contribution in [1.29, 1.82) is 0 Å². The maximum Gasteiger partial charge on any atom is 0.472 e. The Bertz CT molecular complexity index is 2250. The van der Waals surface area contributed by atoms with Crippen molar-refractivity contribution in [3.8, 4) is 0 Å². The Balaban J connectivity index is 5.39. The Morgan fingerprint density at radius 1 is 0.302 bits per heavy atom. The van der Waals surface area contributed by atoms with Gasteiger partial charge in [0.1, 0.15) is 19.3 Å². The van der Waals surface area contributed by atoms with Gasteiger partial charge in [0.2, 0.25) is 0 Å². The average Bonchev–Trinajstić information content (AvgIpc) is 3.12. The number of aliphatic hydroxyl groups is 1. The van der Waals surface area contributed by atoms with Crippen molar-refractivity contribution < 1.29 is 80.2 Å². The summed E-state index contributed by atoms with van der Waals surface area (Å²) in [5.74, 6) is -2.27. The lowest BCUT2D eigenvalue weighted by molar-refractivity contribution is -0.161. The molecule has 0 spiro atoms. The molecule has 0 amide bonds. The van der Waals surface area contributed by atoms with E-state index in [0.29, 0.717) is 32.1 Å². The molecule has 0 aliphatic heterocycles. The van der Waals surface area contributed by atoms with Crippen LogP contribution in [0.5, 0.6) is 0 Å². The Kier molecular flexibility index (Phi) is 66.1. The lowest BCUT2D eigenvalue weighted by Gasteiger charge is -2.21. The number of carbonyl (C=O) groups is 4. The van der Waals surface area contributed by atoms with Gasteiger partial charge < -0.3 is 33.8 Å². The molecule has 0 radical (unpaired) electrons. The molecule has 0 aromatic carbocycles. The van der Waals surface area contributed by atoms with E-state index in [1.165, 1.54) is 51.4 Å². The van der Waals surface area contributed by atoms with Crippen LogP contribution in [0.15, 0.2) is 109 Å². The van der Waals surface area contributed by atoms with Gasteiger partial charge in [0.05, 0.1) is 26.4 Å². The summed E-state index contributed by atoms with van der Waals surface area (Å²) in [5, 5.41) is 10.6. The molecular formula is C77H132O17P2. The summed E-state index contributed by atoms with van der Waals surface area (Å²) in [6.45, 7) is 4.53. The van der Waals surface area contributed by atoms with E-state index in [0.717, 1.165) is 161 Å². The molecule has 5 atom stereocenters. The van der Waals surface area contributed by atoms with Gasteiger partial charge in [-0.15, -0.1) is 0 Å². The maximum atomic E-state index is 13.1. The zero-order valence-corrected chi connectivity index (χ0v) is 61.8. The van der Waals surface area contributed by atoms with Gasteiger partial charge in [-0.05, 0) is 116 Å². The number of phosphoric acid groups is 2. The summed E-state index contributed by atoms with van der Waals surface area (Å²) in [5.41, 5.74) is 0. The molecule has 0 heterocycles. The molecule has 0 rings (SSSR count). The first-order chi connectivity index (χ1) is 46.7. The lowest BCUT2D eigenvalue weighted by atomic mass is 10.0. The number of hydrogen-bond donors (Lipinski definition) is 3. The summed E-state index contributed by atoms with van der Waals surface area (Å²) >= 11 is 0. The van der Waals surface area contributed by atoms with Crippen molar-refractivity contribution in [2.24, 2.45) is 0 Å².